The Morgan fingerprint density at radius 1 is 1.14 bits per heavy atom. The van der Waals surface area contributed by atoms with E-state index < -0.39 is 23.7 Å². The number of carbonyl (C=O) groups is 2. The van der Waals surface area contributed by atoms with E-state index in [1.54, 1.807) is 56.7 Å². The number of amides is 1. The Bertz CT molecular complexity index is 1610. The third-order valence-electron chi connectivity index (χ3n) is 6.81. The average molecular weight is 608 g/mol. The van der Waals surface area contributed by atoms with E-state index in [2.05, 4.69) is 5.16 Å². The minimum atomic E-state index is -1.12. The van der Waals surface area contributed by atoms with E-state index in [9.17, 15) is 19.5 Å². The lowest BCUT2D eigenvalue weighted by molar-refractivity contribution is -0.142. The molecule has 0 aliphatic heterocycles. The van der Waals surface area contributed by atoms with Gasteiger partial charge in [-0.1, -0.05) is 52.9 Å². The number of benzene rings is 2. The SMILES string of the molecule is CON=C1CC=CC=C1Cc1ccc2c(c1)sc(=O)n2CCOc1ccc(CC(C(=O)O)N(C)C(=O)OC(C)(C)C)cc1. The smallest absolute Gasteiger partial charge is 0.410 e. The summed E-state index contributed by atoms with van der Waals surface area (Å²) >= 11 is 1.21. The fraction of sp³-hybridized carbons (Fsp3) is 0.375. The number of hydrogen-bond acceptors (Lipinski definition) is 8. The second kappa shape index (κ2) is 13.7. The van der Waals surface area contributed by atoms with Gasteiger partial charge in [0.2, 0.25) is 0 Å². The van der Waals surface area contributed by atoms with Gasteiger partial charge in [-0.15, -0.1) is 0 Å². The number of ether oxygens (including phenoxy) is 2. The number of aromatic nitrogens is 1. The normalized spacial score (nSPS) is 14.8. The van der Waals surface area contributed by atoms with Crippen molar-refractivity contribution >= 4 is 39.3 Å². The zero-order valence-electron chi connectivity index (χ0n) is 25.0. The zero-order chi connectivity index (χ0) is 31.1. The largest absolute Gasteiger partial charge is 0.492 e. The maximum absolute atomic E-state index is 12.8. The molecule has 43 heavy (non-hydrogen) atoms. The summed E-state index contributed by atoms with van der Waals surface area (Å²) in [6.07, 6.45) is 6.92. The van der Waals surface area contributed by atoms with Crippen LogP contribution in [-0.2, 0) is 33.8 Å². The third-order valence-corrected chi connectivity index (χ3v) is 7.76. The minimum absolute atomic E-state index is 0.0543. The van der Waals surface area contributed by atoms with E-state index in [-0.39, 0.29) is 17.9 Å². The molecule has 1 aliphatic carbocycles. The van der Waals surface area contributed by atoms with Gasteiger partial charge in [0.25, 0.3) is 0 Å². The molecule has 1 heterocycles. The van der Waals surface area contributed by atoms with Crippen molar-refractivity contribution in [3.63, 3.8) is 0 Å². The van der Waals surface area contributed by atoms with Crippen LogP contribution in [-0.4, -0.2) is 64.8 Å². The van der Waals surface area contributed by atoms with Crippen LogP contribution in [0.5, 0.6) is 5.75 Å². The Hall–Kier alpha value is -4.38. The average Bonchev–Trinajstić information content (AvgIpc) is 3.26. The highest BCUT2D eigenvalue weighted by molar-refractivity contribution is 7.16. The van der Waals surface area contributed by atoms with Crippen molar-refractivity contribution in [1.29, 1.82) is 0 Å². The summed E-state index contributed by atoms with van der Waals surface area (Å²) in [5.74, 6) is -0.531. The van der Waals surface area contributed by atoms with Crippen molar-refractivity contribution < 1.29 is 29.0 Å². The fourth-order valence-corrected chi connectivity index (χ4v) is 5.64. The van der Waals surface area contributed by atoms with Crippen LogP contribution in [0.15, 0.2) is 76.2 Å². The second-order valence-electron chi connectivity index (χ2n) is 11.2. The molecule has 1 aliphatic rings. The molecule has 4 rings (SSSR count). The number of nitrogens with zero attached hydrogens (tertiary/aromatic N) is 3. The highest BCUT2D eigenvalue weighted by atomic mass is 32.1. The highest BCUT2D eigenvalue weighted by Gasteiger charge is 2.30. The Kier molecular flexibility index (Phi) is 10.1. The number of allylic oxidation sites excluding steroid dienone is 4. The quantitative estimate of drug-likeness (QED) is 0.289. The maximum Gasteiger partial charge on any atom is 0.410 e. The van der Waals surface area contributed by atoms with Gasteiger partial charge in [-0.25, -0.2) is 9.59 Å². The van der Waals surface area contributed by atoms with E-state index in [1.807, 2.05) is 36.4 Å². The summed E-state index contributed by atoms with van der Waals surface area (Å²) in [5.41, 5.74) is 3.93. The lowest BCUT2D eigenvalue weighted by Gasteiger charge is -2.28. The molecule has 1 unspecified atom stereocenters. The predicted octanol–water partition coefficient (Wildman–Crippen LogP) is 5.44. The molecule has 0 radical (unpaired) electrons. The highest BCUT2D eigenvalue weighted by Crippen LogP contribution is 2.23. The monoisotopic (exact) mass is 607 g/mol. The number of carbonyl (C=O) groups excluding carboxylic acids is 1. The first-order valence-electron chi connectivity index (χ1n) is 13.9. The molecule has 1 amide bonds. The Morgan fingerprint density at radius 2 is 1.86 bits per heavy atom. The first-order valence-corrected chi connectivity index (χ1v) is 14.8. The van der Waals surface area contributed by atoms with Crippen LogP contribution in [0, 0.1) is 0 Å². The van der Waals surface area contributed by atoms with Crippen LogP contribution in [0.3, 0.4) is 0 Å². The molecule has 10 nitrogen and oxygen atoms in total. The molecule has 0 saturated heterocycles. The van der Waals surface area contributed by atoms with E-state index in [0.29, 0.717) is 18.7 Å². The number of likely N-dealkylation sites (N-methyl/N-ethyl adjacent to an activating group) is 1. The van der Waals surface area contributed by atoms with E-state index in [1.165, 1.54) is 18.4 Å². The van der Waals surface area contributed by atoms with Crippen LogP contribution in [0.4, 0.5) is 4.79 Å². The summed E-state index contributed by atoms with van der Waals surface area (Å²) in [4.78, 5) is 43.1. The number of carboxylic acids is 1. The molecule has 3 aromatic rings. The Labute approximate surface area is 254 Å². The number of hydrogen-bond donors (Lipinski definition) is 1. The van der Waals surface area contributed by atoms with Gasteiger partial charge < -0.3 is 19.4 Å². The van der Waals surface area contributed by atoms with E-state index in [0.717, 1.165) is 43.9 Å². The standard InChI is InChI=1S/C32H37N3O7S/c1-32(2,3)42-30(38)34(4)27(29(36)37)19-21-10-13-24(14-11-21)41-17-16-35-26-15-12-22(20-28(26)43-31(35)39)18-23-8-6-7-9-25(23)33-40-5/h6-8,10-15,20,27H,9,16-19H2,1-5H3,(H,36,37). The Balaban J connectivity index is 1.36. The van der Waals surface area contributed by atoms with Crippen LogP contribution >= 0.6 is 11.3 Å². The van der Waals surface area contributed by atoms with Gasteiger partial charge in [-0.2, -0.15) is 0 Å². The van der Waals surface area contributed by atoms with E-state index in [4.69, 9.17) is 14.3 Å². The van der Waals surface area contributed by atoms with Crippen molar-refractivity contribution in [2.24, 2.45) is 5.16 Å². The maximum atomic E-state index is 12.8. The van der Waals surface area contributed by atoms with Crippen molar-refractivity contribution in [3.05, 3.63) is 87.1 Å². The molecule has 0 fully saturated rings. The molecule has 2 aromatic carbocycles. The molecular formula is C32H37N3O7S. The Morgan fingerprint density at radius 3 is 2.53 bits per heavy atom. The van der Waals surface area contributed by atoms with Crippen LogP contribution < -0.4 is 9.61 Å². The van der Waals surface area contributed by atoms with Crippen molar-refractivity contribution in [2.45, 2.75) is 58.2 Å². The number of oxime groups is 1. The number of carboxylic acid groups (broad SMARTS) is 1. The minimum Gasteiger partial charge on any atom is -0.492 e. The van der Waals surface area contributed by atoms with E-state index >= 15 is 0 Å². The van der Waals surface area contributed by atoms with Gasteiger partial charge >= 0.3 is 16.9 Å². The molecule has 1 aromatic heterocycles. The predicted molar refractivity (Wildman–Crippen MR) is 167 cm³/mol. The molecule has 1 atom stereocenters. The summed E-state index contributed by atoms with van der Waals surface area (Å²) in [7, 11) is 2.96. The first-order chi connectivity index (χ1) is 20.4. The van der Waals surface area contributed by atoms with Gasteiger partial charge in [0.15, 0.2) is 0 Å². The van der Waals surface area contributed by atoms with Crippen molar-refractivity contribution in [2.75, 3.05) is 20.8 Å². The topological polar surface area (TPSA) is 120 Å². The zero-order valence-corrected chi connectivity index (χ0v) is 25.8. The molecule has 1 N–H and O–H groups in total. The summed E-state index contributed by atoms with van der Waals surface area (Å²) in [6.45, 7) is 5.84. The molecule has 0 spiro atoms. The number of fused-ring (bicyclic) bond motifs is 1. The summed E-state index contributed by atoms with van der Waals surface area (Å²) < 4.78 is 13.8. The summed E-state index contributed by atoms with van der Waals surface area (Å²) in [5, 5.41) is 13.9. The van der Waals surface area contributed by atoms with Crippen molar-refractivity contribution in [3.8, 4) is 5.75 Å². The molecule has 228 valence electrons. The number of thiazole rings is 1. The first kappa shape index (κ1) is 31.6. The lowest BCUT2D eigenvalue weighted by atomic mass is 9.96. The van der Waals surface area contributed by atoms with Gasteiger partial charge in [0.05, 0.1) is 22.5 Å². The summed E-state index contributed by atoms with van der Waals surface area (Å²) in [6, 6.07) is 12.0. The lowest BCUT2D eigenvalue weighted by Crippen LogP contribution is -2.46. The number of rotatable bonds is 11. The van der Waals surface area contributed by atoms with Gasteiger partial charge in [-0.05, 0) is 68.2 Å². The fourth-order valence-electron chi connectivity index (χ4n) is 4.66. The van der Waals surface area contributed by atoms with Gasteiger partial charge in [0, 0.05) is 19.9 Å². The van der Waals surface area contributed by atoms with Crippen LogP contribution in [0.2, 0.25) is 0 Å². The molecule has 0 bridgehead atoms. The van der Waals surface area contributed by atoms with Crippen LogP contribution in [0.1, 0.15) is 38.3 Å². The van der Waals surface area contributed by atoms with Gasteiger partial charge in [0.1, 0.15) is 31.1 Å². The van der Waals surface area contributed by atoms with Crippen molar-refractivity contribution in [1.82, 2.24) is 9.47 Å². The molecular weight excluding hydrogens is 570 g/mol. The van der Waals surface area contributed by atoms with Crippen LogP contribution in [0.25, 0.3) is 10.2 Å². The molecule has 11 heteroatoms. The second-order valence-corrected chi connectivity index (χ2v) is 12.2. The third kappa shape index (κ3) is 8.35. The number of aliphatic carboxylic acids is 1. The van der Waals surface area contributed by atoms with Gasteiger partial charge in [-0.3, -0.25) is 14.3 Å². The molecule has 0 saturated carbocycles.